The molecule has 0 aromatic rings. The van der Waals surface area contributed by atoms with Crippen molar-refractivity contribution in [2.24, 2.45) is 11.7 Å². The molecule has 1 atom stereocenters. The second-order valence-corrected chi connectivity index (χ2v) is 5.69. The molecule has 1 aliphatic rings. The minimum Gasteiger partial charge on any atom is -0.701 e. The van der Waals surface area contributed by atoms with Crippen molar-refractivity contribution in [2.45, 2.75) is 63.8 Å². The molecule has 116 valence electrons. The Bertz CT molecular complexity index is 316. The number of allylic oxidation sites excluding steroid dienone is 1. The van der Waals surface area contributed by atoms with E-state index in [2.05, 4.69) is 5.32 Å². The molecule has 0 bridgehead atoms. The predicted octanol–water partition coefficient (Wildman–Crippen LogP) is 0.0262. The van der Waals surface area contributed by atoms with E-state index in [1.54, 1.807) is 6.20 Å². The molecule has 0 saturated heterocycles. The van der Waals surface area contributed by atoms with Gasteiger partial charge in [-0.2, -0.15) is 0 Å². The zero-order valence-electron chi connectivity index (χ0n) is 13.2. The molecule has 0 aromatic heterocycles. The molecular weight excluding hydrogens is 293 g/mol. The molecular formula is C15H28KN3O2. The van der Waals surface area contributed by atoms with E-state index in [0.29, 0.717) is 31.1 Å². The molecule has 1 aliphatic carbocycles. The second-order valence-electron chi connectivity index (χ2n) is 5.69. The summed E-state index contributed by atoms with van der Waals surface area (Å²) in [5, 5.41) is 12.4. The maximum atomic E-state index is 11.1. The van der Waals surface area contributed by atoms with E-state index in [-0.39, 0.29) is 57.8 Å². The van der Waals surface area contributed by atoms with Crippen LogP contribution in [0.2, 0.25) is 0 Å². The average Bonchev–Trinajstić information content (AvgIpc) is 2.69. The van der Waals surface area contributed by atoms with Gasteiger partial charge in [0.1, 0.15) is 0 Å². The van der Waals surface area contributed by atoms with Crippen molar-refractivity contribution in [3.05, 3.63) is 17.6 Å². The molecule has 1 unspecified atom stereocenters. The summed E-state index contributed by atoms with van der Waals surface area (Å²) in [4.78, 5) is 11.1. The van der Waals surface area contributed by atoms with Crippen LogP contribution in [0.3, 0.4) is 0 Å². The van der Waals surface area contributed by atoms with Crippen LogP contribution in [0.25, 0.3) is 5.73 Å². The number of carboxylic acid groups (broad SMARTS) is 1. The standard InChI is InChI=1S/C15H28N3O2.K/c16-9-5-6-12(15(19)20)10-13(17)11-18-14-7-3-1-2-4-8-14;/h11-12,14,17-18H,1-10,16H2,(H,19,20);/q-1;+1/b13-11-;. The summed E-state index contributed by atoms with van der Waals surface area (Å²) in [5.41, 5.74) is 13.7. The number of aliphatic carboxylic acids is 1. The molecule has 1 saturated carbocycles. The van der Waals surface area contributed by atoms with E-state index in [1.165, 1.54) is 25.7 Å². The van der Waals surface area contributed by atoms with Crippen LogP contribution in [-0.4, -0.2) is 23.7 Å². The van der Waals surface area contributed by atoms with Gasteiger partial charge in [0.05, 0.1) is 5.92 Å². The number of carbonyl (C=O) groups is 1. The normalized spacial score (nSPS) is 18.4. The summed E-state index contributed by atoms with van der Waals surface area (Å²) in [5.74, 6) is -1.32. The number of nitrogens with one attached hydrogen (secondary N) is 2. The van der Waals surface area contributed by atoms with Gasteiger partial charge in [-0.05, 0) is 44.8 Å². The number of hydrogen-bond acceptors (Lipinski definition) is 3. The number of nitrogens with two attached hydrogens (primary N) is 1. The van der Waals surface area contributed by atoms with E-state index < -0.39 is 11.9 Å². The van der Waals surface area contributed by atoms with E-state index in [9.17, 15) is 4.79 Å². The number of hydrogen-bond donors (Lipinski definition) is 3. The van der Waals surface area contributed by atoms with Gasteiger partial charge in [-0.25, -0.2) is 0 Å². The van der Waals surface area contributed by atoms with Crippen LogP contribution in [0.4, 0.5) is 0 Å². The topological polar surface area (TPSA) is 99.1 Å². The first-order valence-corrected chi connectivity index (χ1v) is 7.73. The molecule has 6 heteroatoms. The molecule has 0 amide bonds. The number of rotatable bonds is 8. The average molecular weight is 322 g/mol. The van der Waals surface area contributed by atoms with Crippen molar-refractivity contribution in [2.75, 3.05) is 6.54 Å². The van der Waals surface area contributed by atoms with Gasteiger partial charge in [-0.15, -0.1) is 5.70 Å². The summed E-state index contributed by atoms with van der Waals surface area (Å²) in [6.07, 6.45) is 10.6. The van der Waals surface area contributed by atoms with Crippen LogP contribution in [0.1, 0.15) is 57.8 Å². The first-order chi connectivity index (χ1) is 9.63. The Kier molecular flexibility index (Phi) is 13.2. The summed E-state index contributed by atoms with van der Waals surface area (Å²) in [7, 11) is 0. The third-order valence-electron chi connectivity index (χ3n) is 3.92. The monoisotopic (exact) mass is 321 g/mol. The van der Waals surface area contributed by atoms with Crippen molar-refractivity contribution in [1.82, 2.24) is 5.32 Å². The minimum atomic E-state index is -0.828. The Labute approximate surface area is 170 Å². The van der Waals surface area contributed by atoms with E-state index in [4.69, 9.17) is 16.6 Å². The molecule has 21 heavy (non-hydrogen) atoms. The second kappa shape index (κ2) is 12.9. The molecule has 0 aliphatic heterocycles. The largest absolute Gasteiger partial charge is 1.00 e. The molecule has 0 spiro atoms. The Morgan fingerprint density at radius 2 is 1.95 bits per heavy atom. The number of carboxylic acids is 1. The SMILES string of the molecule is [K+].[NH-]/C(=C\NC1CCCCCC1)CC(CCCN)C(=O)O. The molecule has 1 fully saturated rings. The van der Waals surface area contributed by atoms with E-state index in [0.717, 1.165) is 12.8 Å². The Morgan fingerprint density at radius 3 is 2.48 bits per heavy atom. The molecule has 5 N–H and O–H groups in total. The van der Waals surface area contributed by atoms with Crippen LogP contribution >= 0.6 is 0 Å². The molecule has 1 rings (SSSR count). The summed E-state index contributed by atoms with van der Waals surface area (Å²) < 4.78 is 0. The van der Waals surface area contributed by atoms with Gasteiger partial charge in [0, 0.05) is 6.04 Å². The first-order valence-electron chi connectivity index (χ1n) is 7.73. The maximum Gasteiger partial charge on any atom is 1.00 e. The van der Waals surface area contributed by atoms with Gasteiger partial charge in [-0.3, -0.25) is 4.79 Å². The van der Waals surface area contributed by atoms with Gasteiger partial charge in [-0.1, -0.05) is 25.7 Å². The van der Waals surface area contributed by atoms with Crippen LogP contribution in [0.5, 0.6) is 0 Å². The molecule has 0 aromatic carbocycles. The molecule has 0 radical (unpaired) electrons. The van der Waals surface area contributed by atoms with E-state index in [1.807, 2.05) is 0 Å². The van der Waals surface area contributed by atoms with Crippen molar-refractivity contribution < 1.29 is 61.3 Å². The fraction of sp³-hybridized carbons (Fsp3) is 0.800. The van der Waals surface area contributed by atoms with Crippen molar-refractivity contribution in [3.63, 3.8) is 0 Å². The van der Waals surface area contributed by atoms with Gasteiger partial charge in [0.25, 0.3) is 0 Å². The van der Waals surface area contributed by atoms with Crippen LogP contribution in [-0.2, 0) is 4.79 Å². The van der Waals surface area contributed by atoms with Crippen LogP contribution < -0.4 is 62.4 Å². The molecule has 5 nitrogen and oxygen atoms in total. The third kappa shape index (κ3) is 9.91. The van der Waals surface area contributed by atoms with Gasteiger partial charge in [0.2, 0.25) is 0 Å². The van der Waals surface area contributed by atoms with Crippen molar-refractivity contribution in [1.29, 1.82) is 0 Å². The van der Waals surface area contributed by atoms with Crippen LogP contribution in [0.15, 0.2) is 11.9 Å². The first kappa shape index (κ1) is 21.4. The van der Waals surface area contributed by atoms with Gasteiger partial charge < -0.3 is 21.9 Å². The third-order valence-corrected chi connectivity index (χ3v) is 3.92. The van der Waals surface area contributed by atoms with Gasteiger partial charge >= 0.3 is 57.4 Å². The Hall–Kier alpha value is 0.406. The smallest absolute Gasteiger partial charge is 0.701 e. The minimum absolute atomic E-state index is 0. The predicted molar refractivity (Wildman–Crippen MR) is 81.1 cm³/mol. The Morgan fingerprint density at radius 1 is 1.33 bits per heavy atom. The summed E-state index contributed by atoms with van der Waals surface area (Å²) in [6.45, 7) is 0.501. The van der Waals surface area contributed by atoms with Crippen molar-refractivity contribution >= 4 is 5.97 Å². The molecule has 0 heterocycles. The quantitative estimate of drug-likeness (QED) is 0.434. The fourth-order valence-corrected chi connectivity index (χ4v) is 2.67. The maximum absolute atomic E-state index is 11.1. The van der Waals surface area contributed by atoms with Crippen molar-refractivity contribution in [3.8, 4) is 0 Å². The summed E-state index contributed by atoms with van der Waals surface area (Å²) >= 11 is 0. The zero-order chi connectivity index (χ0) is 14.8. The Balaban J connectivity index is 0.00000400. The fourth-order valence-electron chi connectivity index (χ4n) is 2.67. The van der Waals surface area contributed by atoms with Gasteiger partial charge in [0.15, 0.2) is 0 Å². The zero-order valence-corrected chi connectivity index (χ0v) is 16.4. The van der Waals surface area contributed by atoms with E-state index >= 15 is 0 Å². The summed E-state index contributed by atoms with van der Waals surface area (Å²) in [6, 6.07) is 0.449. The van der Waals surface area contributed by atoms with Crippen LogP contribution in [0, 0.1) is 5.92 Å².